The van der Waals surface area contributed by atoms with Crippen molar-refractivity contribution in [1.82, 2.24) is 9.55 Å². The maximum Gasteiger partial charge on any atom is 0.273 e. The first-order valence-corrected chi connectivity index (χ1v) is 5.70. The summed E-state index contributed by atoms with van der Waals surface area (Å²) in [6.45, 7) is 0. The van der Waals surface area contributed by atoms with Crippen molar-refractivity contribution in [2.45, 2.75) is 0 Å². The van der Waals surface area contributed by atoms with Gasteiger partial charge in [0.15, 0.2) is 0 Å². The lowest BCUT2D eigenvalue weighted by Gasteiger charge is -2.07. The number of nitrogens with two attached hydrogens (primary N) is 1. The number of imidazole rings is 1. The van der Waals surface area contributed by atoms with E-state index in [2.05, 4.69) is 26.2 Å². The average Bonchev–Trinajstić information content (AvgIpc) is 2.70. The summed E-state index contributed by atoms with van der Waals surface area (Å²) in [6.07, 6.45) is 3.09. The summed E-state index contributed by atoms with van der Waals surface area (Å²) in [4.78, 5) is 15.8. The molecule has 0 aliphatic rings. The minimum Gasteiger partial charge on any atom is -0.398 e. The maximum atomic E-state index is 11.9. The number of carbonyl (C=O) groups excluding carboxylic acids is 1. The van der Waals surface area contributed by atoms with Crippen molar-refractivity contribution in [3.05, 3.63) is 40.9 Å². The van der Waals surface area contributed by atoms with Crippen LogP contribution in [-0.2, 0) is 7.05 Å². The minimum absolute atomic E-state index is 0.207. The van der Waals surface area contributed by atoms with Crippen molar-refractivity contribution in [3.8, 4) is 0 Å². The highest BCUT2D eigenvalue weighted by Crippen LogP contribution is 2.23. The van der Waals surface area contributed by atoms with Crippen LogP contribution < -0.4 is 11.1 Å². The van der Waals surface area contributed by atoms with Gasteiger partial charge in [-0.15, -0.1) is 0 Å². The van der Waals surface area contributed by atoms with Gasteiger partial charge in [0.25, 0.3) is 5.91 Å². The lowest BCUT2D eigenvalue weighted by Crippen LogP contribution is -2.15. The lowest BCUT2D eigenvalue weighted by molar-refractivity contribution is 0.101. The Morgan fingerprint density at radius 3 is 2.88 bits per heavy atom. The SMILES string of the molecule is Cn1cncc1C(=O)Nc1ccc(N)c(Br)c1. The molecule has 17 heavy (non-hydrogen) atoms. The molecular formula is C11H11BrN4O. The molecule has 0 fully saturated rings. The molecule has 2 aromatic rings. The van der Waals surface area contributed by atoms with Crippen LogP contribution in [0.5, 0.6) is 0 Å². The van der Waals surface area contributed by atoms with Crippen molar-refractivity contribution < 1.29 is 4.79 Å². The van der Waals surface area contributed by atoms with Crippen molar-refractivity contribution in [3.63, 3.8) is 0 Å². The normalized spacial score (nSPS) is 10.2. The van der Waals surface area contributed by atoms with Crippen LogP contribution in [0.3, 0.4) is 0 Å². The van der Waals surface area contributed by atoms with Crippen LogP contribution in [0.2, 0.25) is 0 Å². The number of nitrogens with zero attached hydrogens (tertiary/aromatic N) is 2. The molecule has 6 heteroatoms. The summed E-state index contributed by atoms with van der Waals surface area (Å²) in [5, 5.41) is 2.77. The molecule has 0 aliphatic heterocycles. The summed E-state index contributed by atoms with van der Waals surface area (Å²) in [5.41, 5.74) is 7.47. The van der Waals surface area contributed by atoms with E-state index in [4.69, 9.17) is 5.73 Å². The minimum atomic E-state index is -0.207. The molecule has 2 rings (SSSR count). The molecule has 0 spiro atoms. The number of aryl methyl sites for hydroxylation is 1. The molecule has 1 aromatic carbocycles. The number of amides is 1. The number of carbonyl (C=O) groups is 1. The standard InChI is InChI=1S/C11H11BrN4O/c1-16-6-14-5-10(16)11(17)15-7-2-3-9(13)8(12)4-7/h2-6H,13H2,1H3,(H,15,17). The number of rotatable bonds is 2. The van der Waals surface area contributed by atoms with Gasteiger partial charge < -0.3 is 15.6 Å². The first-order valence-electron chi connectivity index (χ1n) is 4.90. The molecule has 1 amide bonds. The monoisotopic (exact) mass is 294 g/mol. The van der Waals surface area contributed by atoms with Gasteiger partial charge in [0, 0.05) is 22.9 Å². The highest BCUT2D eigenvalue weighted by molar-refractivity contribution is 9.10. The maximum absolute atomic E-state index is 11.9. The summed E-state index contributed by atoms with van der Waals surface area (Å²) >= 11 is 3.31. The summed E-state index contributed by atoms with van der Waals surface area (Å²) in [7, 11) is 1.76. The van der Waals surface area contributed by atoms with E-state index in [1.807, 2.05) is 0 Å². The van der Waals surface area contributed by atoms with E-state index < -0.39 is 0 Å². The van der Waals surface area contributed by atoms with Gasteiger partial charge in [0.05, 0.1) is 12.5 Å². The van der Waals surface area contributed by atoms with Crippen molar-refractivity contribution in [2.75, 3.05) is 11.1 Å². The van der Waals surface area contributed by atoms with E-state index in [-0.39, 0.29) is 5.91 Å². The molecule has 0 unspecified atom stereocenters. The predicted octanol–water partition coefficient (Wildman–Crippen LogP) is 2.02. The van der Waals surface area contributed by atoms with Crippen molar-refractivity contribution in [2.24, 2.45) is 7.05 Å². The van der Waals surface area contributed by atoms with Crippen LogP contribution in [-0.4, -0.2) is 15.5 Å². The smallest absolute Gasteiger partial charge is 0.273 e. The quantitative estimate of drug-likeness (QED) is 0.832. The second kappa shape index (κ2) is 4.58. The molecule has 0 atom stereocenters. The van der Waals surface area contributed by atoms with Gasteiger partial charge in [-0.3, -0.25) is 4.79 Å². The number of nitrogens with one attached hydrogen (secondary N) is 1. The Morgan fingerprint density at radius 2 is 2.29 bits per heavy atom. The Bertz CT molecular complexity index is 564. The Kier molecular flexibility index (Phi) is 3.14. The van der Waals surface area contributed by atoms with Gasteiger partial charge in [-0.05, 0) is 34.1 Å². The molecule has 0 radical (unpaired) electrons. The fourth-order valence-corrected chi connectivity index (χ4v) is 1.75. The number of nitrogen functional groups attached to an aromatic ring is 1. The zero-order valence-electron chi connectivity index (χ0n) is 9.14. The number of benzene rings is 1. The number of halogens is 1. The third-order valence-electron chi connectivity index (χ3n) is 2.31. The predicted molar refractivity (Wildman–Crippen MR) is 69.7 cm³/mol. The first-order chi connectivity index (χ1) is 8.08. The zero-order chi connectivity index (χ0) is 12.4. The van der Waals surface area contributed by atoms with Crippen LogP contribution in [0.25, 0.3) is 0 Å². The van der Waals surface area contributed by atoms with E-state index >= 15 is 0 Å². The van der Waals surface area contributed by atoms with Gasteiger partial charge in [0.1, 0.15) is 5.69 Å². The van der Waals surface area contributed by atoms with E-state index in [1.165, 1.54) is 6.20 Å². The fraction of sp³-hybridized carbons (Fsp3) is 0.0909. The first kappa shape index (κ1) is 11.7. The fourth-order valence-electron chi connectivity index (χ4n) is 1.38. The van der Waals surface area contributed by atoms with Gasteiger partial charge in [-0.25, -0.2) is 4.98 Å². The van der Waals surface area contributed by atoms with Crippen LogP contribution in [0.15, 0.2) is 35.2 Å². The molecular weight excluding hydrogens is 284 g/mol. The van der Waals surface area contributed by atoms with Crippen LogP contribution in [0.4, 0.5) is 11.4 Å². The molecule has 1 aromatic heterocycles. The van der Waals surface area contributed by atoms with Gasteiger partial charge >= 0.3 is 0 Å². The van der Waals surface area contributed by atoms with Crippen LogP contribution >= 0.6 is 15.9 Å². The summed E-state index contributed by atoms with van der Waals surface area (Å²) in [6, 6.07) is 5.22. The van der Waals surface area contributed by atoms with Crippen molar-refractivity contribution >= 4 is 33.2 Å². The average molecular weight is 295 g/mol. The van der Waals surface area contributed by atoms with E-state index in [1.54, 1.807) is 36.1 Å². The second-order valence-corrected chi connectivity index (χ2v) is 4.43. The number of aromatic nitrogens is 2. The number of hydrogen-bond acceptors (Lipinski definition) is 3. The highest BCUT2D eigenvalue weighted by Gasteiger charge is 2.10. The van der Waals surface area contributed by atoms with Gasteiger partial charge in [-0.2, -0.15) is 0 Å². The molecule has 3 N–H and O–H groups in total. The van der Waals surface area contributed by atoms with Crippen LogP contribution in [0, 0.1) is 0 Å². The second-order valence-electron chi connectivity index (χ2n) is 3.58. The largest absolute Gasteiger partial charge is 0.398 e. The van der Waals surface area contributed by atoms with Gasteiger partial charge in [-0.1, -0.05) is 0 Å². The summed E-state index contributed by atoms with van der Waals surface area (Å²) in [5.74, 6) is -0.207. The van der Waals surface area contributed by atoms with Crippen LogP contribution in [0.1, 0.15) is 10.5 Å². The summed E-state index contributed by atoms with van der Waals surface area (Å²) < 4.78 is 2.40. The highest BCUT2D eigenvalue weighted by atomic mass is 79.9. The lowest BCUT2D eigenvalue weighted by atomic mass is 10.3. The Labute approximate surface area is 107 Å². The molecule has 88 valence electrons. The molecule has 0 bridgehead atoms. The number of hydrogen-bond donors (Lipinski definition) is 2. The van der Waals surface area contributed by atoms with Crippen molar-refractivity contribution in [1.29, 1.82) is 0 Å². The molecule has 0 saturated carbocycles. The molecule has 0 aliphatic carbocycles. The Hall–Kier alpha value is -1.82. The Balaban J connectivity index is 2.19. The molecule has 1 heterocycles. The van der Waals surface area contributed by atoms with E-state index in [9.17, 15) is 4.79 Å². The third-order valence-corrected chi connectivity index (χ3v) is 2.99. The van der Waals surface area contributed by atoms with E-state index in [0.29, 0.717) is 17.1 Å². The number of anilines is 2. The topological polar surface area (TPSA) is 72.9 Å². The Morgan fingerprint density at radius 1 is 1.53 bits per heavy atom. The molecule has 0 saturated heterocycles. The van der Waals surface area contributed by atoms with E-state index in [0.717, 1.165) is 4.47 Å². The molecule has 5 nitrogen and oxygen atoms in total. The zero-order valence-corrected chi connectivity index (χ0v) is 10.7. The third kappa shape index (κ3) is 2.47. The van der Waals surface area contributed by atoms with Gasteiger partial charge in [0.2, 0.25) is 0 Å².